The molecule has 0 aromatic heterocycles. The lowest BCUT2D eigenvalue weighted by atomic mass is 9.81. The number of hydrogen-bond acceptors (Lipinski definition) is 3. The fourth-order valence-electron chi connectivity index (χ4n) is 2.88. The molecule has 0 bridgehead atoms. The van der Waals surface area contributed by atoms with E-state index in [9.17, 15) is 8.42 Å². The van der Waals surface area contributed by atoms with Crippen molar-refractivity contribution in [2.45, 2.75) is 56.2 Å². The molecule has 21 heavy (non-hydrogen) atoms. The third-order valence-corrected chi connectivity index (χ3v) is 6.97. The van der Waals surface area contributed by atoms with Gasteiger partial charge >= 0.3 is 0 Å². The van der Waals surface area contributed by atoms with Crippen LogP contribution in [0.15, 0.2) is 30.3 Å². The van der Waals surface area contributed by atoms with Crippen molar-refractivity contribution < 1.29 is 8.42 Å². The molecule has 1 aromatic carbocycles. The summed E-state index contributed by atoms with van der Waals surface area (Å²) in [4.78, 5) is 0. The Morgan fingerprint density at radius 2 is 1.67 bits per heavy atom. The standard InChI is InChI=1S/C17H27NO2S/c1-17(2,21(3,19)20)13-18-16-11-9-15(10-12-16)14-7-5-4-6-8-14/h4-8,15-16,18H,9-13H2,1-3H3. The highest BCUT2D eigenvalue weighted by Crippen LogP contribution is 2.32. The largest absolute Gasteiger partial charge is 0.312 e. The Morgan fingerprint density at radius 3 is 2.19 bits per heavy atom. The van der Waals surface area contributed by atoms with Crippen molar-refractivity contribution in [3.05, 3.63) is 35.9 Å². The van der Waals surface area contributed by atoms with Crippen LogP contribution in [0.5, 0.6) is 0 Å². The van der Waals surface area contributed by atoms with Crippen molar-refractivity contribution in [1.29, 1.82) is 0 Å². The molecule has 0 atom stereocenters. The van der Waals surface area contributed by atoms with Crippen molar-refractivity contribution in [2.24, 2.45) is 0 Å². The third-order valence-electron chi connectivity index (χ3n) is 4.82. The molecule has 0 unspecified atom stereocenters. The van der Waals surface area contributed by atoms with Crippen LogP contribution in [0.2, 0.25) is 0 Å². The summed E-state index contributed by atoms with van der Waals surface area (Å²) in [6, 6.07) is 11.1. The monoisotopic (exact) mass is 309 g/mol. The quantitative estimate of drug-likeness (QED) is 0.909. The van der Waals surface area contributed by atoms with Gasteiger partial charge in [0.15, 0.2) is 9.84 Å². The van der Waals surface area contributed by atoms with Gasteiger partial charge in [0.25, 0.3) is 0 Å². The van der Waals surface area contributed by atoms with E-state index in [1.807, 2.05) is 0 Å². The maximum Gasteiger partial charge on any atom is 0.153 e. The number of benzene rings is 1. The first kappa shape index (κ1) is 16.5. The van der Waals surface area contributed by atoms with Crippen LogP contribution in [0.3, 0.4) is 0 Å². The first-order chi connectivity index (χ1) is 9.79. The molecule has 2 rings (SSSR count). The zero-order valence-corrected chi connectivity index (χ0v) is 14.1. The lowest BCUT2D eigenvalue weighted by Crippen LogP contribution is -2.46. The minimum absolute atomic E-state index is 0.450. The van der Waals surface area contributed by atoms with E-state index in [4.69, 9.17) is 0 Å². The van der Waals surface area contributed by atoms with Crippen molar-refractivity contribution in [3.8, 4) is 0 Å². The predicted molar refractivity (Wildman–Crippen MR) is 88.4 cm³/mol. The molecule has 3 nitrogen and oxygen atoms in total. The van der Waals surface area contributed by atoms with Crippen LogP contribution in [0.25, 0.3) is 0 Å². The van der Waals surface area contributed by atoms with Gasteiger partial charge in [0.05, 0.1) is 4.75 Å². The molecule has 0 aliphatic heterocycles. The minimum atomic E-state index is -3.02. The van der Waals surface area contributed by atoms with Gasteiger partial charge in [-0.15, -0.1) is 0 Å². The Bertz CT molecular complexity index is 543. The summed E-state index contributed by atoms with van der Waals surface area (Å²) in [7, 11) is -3.02. The summed E-state index contributed by atoms with van der Waals surface area (Å²) < 4.78 is 22.8. The van der Waals surface area contributed by atoms with E-state index in [0.717, 1.165) is 12.8 Å². The van der Waals surface area contributed by atoms with E-state index in [1.54, 1.807) is 13.8 Å². The van der Waals surface area contributed by atoms with Crippen LogP contribution in [-0.2, 0) is 9.84 Å². The lowest BCUT2D eigenvalue weighted by Gasteiger charge is -2.32. The Hall–Kier alpha value is -0.870. The van der Waals surface area contributed by atoms with Gasteiger partial charge in [0.2, 0.25) is 0 Å². The molecule has 0 amide bonds. The van der Waals surface area contributed by atoms with Gasteiger partial charge in [0, 0.05) is 18.8 Å². The SMILES string of the molecule is CC(C)(CNC1CCC(c2ccccc2)CC1)S(C)(=O)=O. The highest BCUT2D eigenvalue weighted by molar-refractivity contribution is 7.92. The number of hydrogen-bond donors (Lipinski definition) is 1. The molecule has 0 spiro atoms. The first-order valence-corrected chi connectivity index (χ1v) is 9.67. The van der Waals surface area contributed by atoms with Crippen LogP contribution in [0, 0.1) is 0 Å². The molecule has 0 radical (unpaired) electrons. The highest BCUT2D eigenvalue weighted by atomic mass is 32.2. The Morgan fingerprint density at radius 1 is 1.10 bits per heavy atom. The van der Waals surface area contributed by atoms with Gasteiger partial charge in [-0.3, -0.25) is 0 Å². The smallest absolute Gasteiger partial charge is 0.153 e. The van der Waals surface area contributed by atoms with Crippen molar-refractivity contribution >= 4 is 9.84 Å². The van der Waals surface area contributed by atoms with Crippen molar-refractivity contribution in [3.63, 3.8) is 0 Å². The van der Waals surface area contributed by atoms with Crippen LogP contribution >= 0.6 is 0 Å². The molecule has 118 valence electrons. The van der Waals surface area contributed by atoms with Crippen LogP contribution in [0.4, 0.5) is 0 Å². The predicted octanol–water partition coefficient (Wildman–Crippen LogP) is 3.13. The maximum absolute atomic E-state index is 11.7. The molecule has 1 N–H and O–H groups in total. The summed E-state index contributed by atoms with van der Waals surface area (Å²) in [5.41, 5.74) is 1.44. The van der Waals surface area contributed by atoms with Gasteiger partial charge in [-0.1, -0.05) is 30.3 Å². The minimum Gasteiger partial charge on any atom is -0.312 e. The van der Waals surface area contributed by atoms with E-state index < -0.39 is 14.6 Å². The second kappa shape index (κ2) is 6.49. The second-order valence-electron chi connectivity index (χ2n) is 6.87. The first-order valence-electron chi connectivity index (χ1n) is 7.77. The molecule has 1 aromatic rings. The van der Waals surface area contributed by atoms with Gasteiger partial charge in [0.1, 0.15) is 0 Å². The normalized spacial score (nSPS) is 24.0. The second-order valence-corrected chi connectivity index (χ2v) is 9.52. The van der Waals surface area contributed by atoms with Crippen molar-refractivity contribution in [2.75, 3.05) is 12.8 Å². The summed E-state index contributed by atoms with van der Waals surface area (Å²) >= 11 is 0. The highest BCUT2D eigenvalue weighted by Gasteiger charge is 2.31. The van der Waals surface area contributed by atoms with E-state index >= 15 is 0 Å². The molecule has 1 fully saturated rings. The average Bonchev–Trinajstić information content (AvgIpc) is 2.45. The summed E-state index contributed by atoms with van der Waals surface area (Å²) in [6.45, 7) is 4.13. The van der Waals surface area contributed by atoms with Crippen LogP contribution in [0.1, 0.15) is 51.0 Å². The van der Waals surface area contributed by atoms with Gasteiger partial charge in [-0.05, 0) is 51.0 Å². The molecule has 0 saturated heterocycles. The average molecular weight is 309 g/mol. The number of sulfone groups is 1. The Balaban J connectivity index is 1.83. The summed E-state index contributed by atoms with van der Waals surface area (Å²) in [5.74, 6) is 0.659. The zero-order chi connectivity index (χ0) is 15.5. The molecule has 1 saturated carbocycles. The van der Waals surface area contributed by atoms with Gasteiger partial charge in [-0.25, -0.2) is 8.42 Å². The molecule has 0 heterocycles. The zero-order valence-electron chi connectivity index (χ0n) is 13.3. The molecular weight excluding hydrogens is 282 g/mol. The van der Waals surface area contributed by atoms with E-state index in [1.165, 1.54) is 24.7 Å². The van der Waals surface area contributed by atoms with E-state index in [-0.39, 0.29) is 0 Å². The topological polar surface area (TPSA) is 46.2 Å². The lowest BCUT2D eigenvalue weighted by molar-refractivity contribution is 0.334. The molecule has 1 aliphatic rings. The van der Waals surface area contributed by atoms with Crippen LogP contribution in [-0.4, -0.2) is 32.0 Å². The molecule has 4 heteroatoms. The summed E-state index contributed by atoms with van der Waals surface area (Å²) in [6.07, 6.45) is 5.93. The Kier molecular flexibility index (Phi) is 5.10. The van der Waals surface area contributed by atoms with Crippen LogP contribution < -0.4 is 5.32 Å². The Labute approximate surface area is 129 Å². The number of rotatable bonds is 5. The third kappa shape index (κ3) is 4.30. The number of nitrogens with one attached hydrogen (secondary N) is 1. The molecule has 1 aliphatic carbocycles. The van der Waals surface area contributed by atoms with Crippen molar-refractivity contribution in [1.82, 2.24) is 5.32 Å². The van der Waals surface area contributed by atoms with E-state index in [0.29, 0.717) is 18.5 Å². The fourth-order valence-corrected chi connectivity index (χ4v) is 3.22. The fraction of sp³-hybridized carbons (Fsp3) is 0.647. The van der Waals surface area contributed by atoms with E-state index in [2.05, 4.69) is 35.6 Å². The maximum atomic E-state index is 11.7. The van der Waals surface area contributed by atoms with Gasteiger partial charge < -0.3 is 5.32 Å². The summed E-state index contributed by atoms with van der Waals surface area (Å²) in [5, 5.41) is 3.46. The molecular formula is C17H27NO2S. The van der Waals surface area contributed by atoms with Gasteiger partial charge in [-0.2, -0.15) is 0 Å².